The Morgan fingerprint density at radius 1 is 1.04 bits per heavy atom. The van der Waals surface area contributed by atoms with Crippen molar-refractivity contribution in [2.75, 3.05) is 11.5 Å². The number of sulfone groups is 1. The maximum atomic E-state index is 12.1. The zero-order valence-corrected chi connectivity index (χ0v) is 16.1. The van der Waals surface area contributed by atoms with E-state index in [1.165, 1.54) is 24.3 Å². The van der Waals surface area contributed by atoms with Crippen molar-refractivity contribution >= 4 is 31.7 Å². The highest BCUT2D eigenvalue weighted by molar-refractivity contribution is 7.91. The zero-order chi connectivity index (χ0) is 19.7. The molecule has 3 N–H and O–H groups in total. The molecule has 11 heteroatoms. The second-order valence-electron chi connectivity index (χ2n) is 6.90. The van der Waals surface area contributed by atoms with Crippen LogP contribution in [-0.4, -0.2) is 46.2 Å². The molecule has 2 aliphatic rings. The molecular weight excluding hydrogens is 394 g/mol. The van der Waals surface area contributed by atoms with E-state index < -0.39 is 31.7 Å². The van der Waals surface area contributed by atoms with Crippen molar-refractivity contribution in [1.82, 2.24) is 15.6 Å². The van der Waals surface area contributed by atoms with Gasteiger partial charge in [0.15, 0.2) is 9.84 Å². The van der Waals surface area contributed by atoms with Crippen molar-refractivity contribution < 1.29 is 26.4 Å². The lowest BCUT2D eigenvalue weighted by atomic mass is 10.1. The number of hydrazine groups is 1. The van der Waals surface area contributed by atoms with Crippen molar-refractivity contribution in [2.45, 2.75) is 36.6 Å². The summed E-state index contributed by atoms with van der Waals surface area (Å²) in [5.41, 5.74) is 4.68. The summed E-state index contributed by atoms with van der Waals surface area (Å²) in [6, 6.07) is 5.34. The number of nitrogens with one attached hydrogen (secondary N) is 3. The van der Waals surface area contributed by atoms with Crippen molar-refractivity contribution in [2.24, 2.45) is 5.92 Å². The van der Waals surface area contributed by atoms with Crippen LogP contribution in [0.25, 0.3) is 0 Å². The Hall–Kier alpha value is -1.98. The molecule has 3 rings (SSSR count). The molecule has 0 spiro atoms. The van der Waals surface area contributed by atoms with E-state index in [0.717, 1.165) is 12.8 Å². The van der Waals surface area contributed by atoms with Gasteiger partial charge in [-0.05, 0) is 49.4 Å². The average Bonchev–Trinajstić information content (AvgIpc) is 3.34. The summed E-state index contributed by atoms with van der Waals surface area (Å²) in [7, 11) is -6.65. The van der Waals surface area contributed by atoms with Crippen molar-refractivity contribution in [3.63, 3.8) is 0 Å². The average molecular weight is 415 g/mol. The molecule has 2 amide bonds. The molecule has 1 aliphatic carbocycles. The molecule has 0 aromatic heterocycles. The molecule has 1 saturated heterocycles. The third kappa shape index (κ3) is 5.50. The van der Waals surface area contributed by atoms with Crippen molar-refractivity contribution in [3.8, 4) is 0 Å². The quantitative estimate of drug-likeness (QED) is 0.546. The number of carbonyl (C=O) groups is 2. The predicted octanol–water partition coefficient (Wildman–Crippen LogP) is -0.287. The molecule has 0 radical (unpaired) electrons. The fourth-order valence-electron chi connectivity index (χ4n) is 2.82. The van der Waals surface area contributed by atoms with E-state index in [9.17, 15) is 26.4 Å². The summed E-state index contributed by atoms with van der Waals surface area (Å²) < 4.78 is 49.5. The SMILES string of the molecule is O=C(CC1CCS(=O)(=O)C1)NNC(=O)c1ccc(S(=O)(=O)NC2CC2)cc1. The van der Waals surface area contributed by atoms with Crippen molar-refractivity contribution in [1.29, 1.82) is 0 Å². The maximum Gasteiger partial charge on any atom is 0.269 e. The van der Waals surface area contributed by atoms with Crippen LogP contribution in [0.4, 0.5) is 0 Å². The molecule has 1 unspecified atom stereocenters. The summed E-state index contributed by atoms with van der Waals surface area (Å²) >= 11 is 0. The monoisotopic (exact) mass is 415 g/mol. The van der Waals surface area contributed by atoms with Gasteiger partial charge in [-0.25, -0.2) is 21.6 Å². The lowest BCUT2D eigenvalue weighted by molar-refractivity contribution is -0.122. The highest BCUT2D eigenvalue weighted by atomic mass is 32.2. The smallest absolute Gasteiger partial charge is 0.269 e. The molecule has 1 saturated carbocycles. The molecule has 0 bridgehead atoms. The van der Waals surface area contributed by atoms with E-state index in [1.807, 2.05) is 0 Å². The zero-order valence-electron chi connectivity index (χ0n) is 14.5. The molecule has 9 nitrogen and oxygen atoms in total. The first-order chi connectivity index (χ1) is 12.6. The molecule has 148 valence electrons. The number of rotatable bonds is 6. The topological polar surface area (TPSA) is 139 Å². The van der Waals surface area contributed by atoms with Crippen LogP contribution in [0, 0.1) is 5.92 Å². The number of amides is 2. The number of carbonyl (C=O) groups excluding carboxylic acids is 2. The van der Waals surface area contributed by atoms with E-state index in [2.05, 4.69) is 15.6 Å². The third-order valence-electron chi connectivity index (χ3n) is 4.44. The van der Waals surface area contributed by atoms with Gasteiger partial charge >= 0.3 is 0 Å². The summed E-state index contributed by atoms with van der Waals surface area (Å²) in [5, 5.41) is 0. The summed E-state index contributed by atoms with van der Waals surface area (Å²) in [6.07, 6.45) is 2.11. The highest BCUT2D eigenvalue weighted by Gasteiger charge is 2.30. The van der Waals surface area contributed by atoms with Crippen LogP contribution in [0.1, 0.15) is 36.0 Å². The fourth-order valence-corrected chi connectivity index (χ4v) is 5.99. The van der Waals surface area contributed by atoms with E-state index in [0.29, 0.717) is 6.42 Å². The van der Waals surface area contributed by atoms with Gasteiger partial charge in [0.25, 0.3) is 5.91 Å². The van der Waals surface area contributed by atoms with Gasteiger partial charge in [0.1, 0.15) is 0 Å². The summed E-state index contributed by atoms with van der Waals surface area (Å²) in [5.74, 6) is -1.24. The Kier molecular flexibility index (Phi) is 5.54. The molecule has 1 aromatic rings. The number of benzene rings is 1. The standard InChI is InChI=1S/C16H21N3O6S2/c20-15(9-11-7-8-26(22,23)10-11)17-18-16(21)12-1-5-14(6-2-12)27(24,25)19-13-3-4-13/h1-2,5-6,11,13,19H,3-4,7-10H2,(H,17,20)(H,18,21). The Morgan fingerprint density at radius 2 is 1.70 bits per heavy atom. The lowest BCUT2D eigenvalue weighted by Crippen LogP contribution is -2.42. The van der Waals surface area contributed by atoms with Crippen LogP contribution in [-0.2, 0) is 24.7 Å². The normalized spacial score (nSPS) is 21.6. The number of hydrogen-bond donors (Lipinski definition) is 3. The minimum atomic E-state index is -3.59. The molecule has 2 fully saturated rings. The van der Waals surface area contributed by atoms with Crippen LogP contribution < -0.4 is 15.6 Å². The van der Waals surface area contributed by atoms with Gasteiger partial charge < -0.3 is 0 Å². The minimum absolute atomic E-state index is 0.0111. The van der Waals surface area contributed by atoms with Gasteiger partial charge in [0.2, 0.25) is 15.9 Å². The molecule has 1 atom stereocenters. The van der Waals surface area contributed by atoms with Gasteiger partial charge in [0.05, 0.1) is 16.4 Å². The minimum Gasteiger partial charge on any atom is -0.273 e. The van der Waals surface area contributed by atoms with Crippen LogP contribution in [0.15, 0.2) is 29.2 Å². The fraction of sp³-hybridized carbons (Fsp3) is 0.500. The first kappa shape index (κ1) is 19.8. The van der Waals surface area contributed by atoms with Crippen LogP contribution in [0.3, 0.4) is 0 Å². The molecular formula is C16H21N3O6S2. The highest BCUT2D eigenvalue weighted by Crippen LogP contribution is 2.22. The first-order valence-corrected chi connectivity index (χ1v) is 11.9. The van der Waals surface area contributed by atoms with Gasteiger partial charge in [-0.3, -0.25) is 20.4 Å². The summed E-state index contributed by atoms with van der Waals surface area (Å²) in [4.78, 5) is 24.0. The van der Waals surface area contributed by atoms with Crippen LogP contribution >= 0.6 is 0 Å². The lowest BCUT2D eigenvalue weighted by Gasteiger charge is -2.10. The third-order valence-corrected chi connectivity index (χ3v) is 7.82. The van der Waals surface area contributed by atoms with E-state index in [4.69, 9.17) is 0 Å². The van der Waals surface area contributed by atoms with Crippen molar-refractivity contribution in [3.05, 3.63) is 29.8 Å². The van der Waals surface area contributed by atoms with Gasteiger partial charge in [0, 0.05) is 18.0 Å². The number of sulfonamides is 1. The summed E-state index contributed by atoms with van der Waals surface area (Å²) in [6.45, 7) is 0. The van der Waals surface area contributed by atoms with Gasteiger partial charge in [-0.15, -0.1) is 0 Å². The van der Waals surface area contributed by atoms with Crippen LogP contribution in [0.5, 0.6) is 0 Å². The molecule has 1 aliphatic heterocycles. The Morgan fingerprint density at radius 3 is 2.26 bits per heavy atom. The Bertz CT molecular complexity index is 937. The molecule has 1 heterocycles. The first-order valence-electron chi connectivity index (χ1n) is 8.57. The van der Waals surface area contributed by atoms with Gasteiger partial charge in [-0.1, -0.05) is 0 Å². The largest absolute Gasteiger partial charge is 0.273 e. The maximum absolute atomic E-state index is 12.1. The number of hydrogen-bond acceptors (Lipinski definition) is 6. The Balaban J connectivity index is 1.50. The predicted molar refractivity (Wildman–Crippen MR) is 96.8 cm³/mol. The van der Waals surface area contributed by atoms with E-state index >= 15 is 0 Å². The van der Waals surface area contributed by atoms with Crippen LogP contribution in [0.2, 0.25) is 0 Å². The molecule has 27 heavy (non-hydrogen) atoms. The Labute approximate surface area is 157 Å². The van der Waals surface area contributed by atoms with E-state index in [1.54, 1.807) is 0 Å². The van der Waals surface area contributed by atoms with E-state index in [-0.39, 0.29) is 40.3 Å². The second kappa shape index (κ2) is 7.56. The molecule has 1 aromatic carbocycles. The second-order valence-corrected chi connectivity index (χ2v) is 10.8. The van der Waals surface area contributed by atoms with Gasteiger partial charge in [-0.2, -0.15) is 0 Å².